The molecule has 0 saturated carbocycles. The van der Waals surface area contributed by atoms with E-state index in [0.29, 0.717) is 0 Å². The van der Waals surface area contributed by atoms with Crippen LogP contribution in [-0.2, 0) is 6.54 Å². The van der Waals surface area contributed by atoms with Crippen LogP contribution in [0.4, 0.5) is 0 Å². The summed E-state index contributed by atoms with van der Waals surface area (Å²) in [5.41, 5.74) is 1.44. The minimum absolute atomic E-state index is 0.734. The molecule has 0 radical (unpaired) electrons. The van der Waals surface area contributed by atoms with Crippen molar-refractivity contribution >= 4 is 0 Å². The van der Waals surface area contributed by atoms with Crippen LogP contribution in [0.15, 0.2) is 30.3 Å². The SMILES string of the molecule is CCC(CC)N(C)[C@@H]1CCCN(Cc2ccccc2)C1. The van der Waals surface area contributed by atoms with Crippen LogP contribution in [-0.4, -0.2) is 42.0 Å². The first-order valence-electron chi connectivity index (χ1n) is 8.22. The third-order valence-electron chi connectivity index (χ3n) is 4.82. The normalized spacial score (nSPS) is 20.8. The fourth-order valence-electron chi connectivity index (χ4n) is 3.51. The van der Waals surface area contributed by atoms with E-state index in [0.717, 1.165) is 18.6 Å². The predicted octanol–water partition coefficient (Wildman–Crippen LogP) is 3.77. The summed E-state index contributed by atoms with van der Waals surface area (Å²) in [7, 11) is 2.33. The summed E-state index contributed by atoms with van der Waals surface area (Å²) < 4.78 is 0. The molecule has 0 amide bonds. The Bertz CT molecular complexity index is 372. The second kappa shape index (κ2) is 7.80. The molecule has 1 aliphatic rings. The highest BCUT2D eigenvalue weighted by atomic mass is 15.2. The Hall–Kier alpha value is -0.860. The summed E-state index contributed by atoms with van der Waals surface area (Å²) in [5.74, 6) is 0. The largest absolute Gasteiger partial charge is 0.299 e. The molecule has 1 atom stereocenters. The number of nitrogens with zero attached hydrogens (tertiary/aromatic N) is 2. The molecule has 112 valence electrons. The molecule has 2 heteroatoms. The monoisotopic (exact) mass is 274 g/mol. The lowest BCUT2D eigenvalue weighted by atomic mass is 10.0. The molecule has 0 bridgehead atoms. The van der Waals surface area contributed by atoms with Crippen LogP contribution in [0.25, 0.3) is 0 Å². The van der Waals surface area contributed by atoms with Gasteiger partial charge in [-0.2, -0.15) is 0 Å². The molecule has 1 heterocycles. The van der Waals surface area contributed by atoms with Crippen molar-refractivity contribution in [2.75, 3.05) is 20.1 Å². The van der Waals surface area contributed by atoms with Crippen molar-refractivity contribution < 1.29 is 0 Å². The van der Waals surface area contributed by atoms with Gasteiger partial charge in [0, 0.05) is 25.2 Å². The zero-order chi connectivity index (χ0) is 14.4. The standard InChI is InChI=1S/C18H30N2/c1-4-17(5-2)19(3)18-12-9-13-20(15-18)14-16-10-7-6-8-11-16/h6-8,10-11,17-18H,4-5,9,12-15H2,1-3H3/t18-/m1/s1. The average Bonchev–Trinajstić information content (AvgIpc) is 2.49. The number of likely N-dealkylation sites (tertiary alicyclic amines) is 1. The number of hydrogen-bond donors (Lipinski definition) is 0. The Morgan fingerprint density at radius 2 is 1.90 bits per heavy atom. The number of piperidine rings is 1. The van der Waals surface area contributed by atoms with Gasteiger partial charge in [0.25, 0.3) is 0 Å². The van der Waals surface area contributed by atoms with Crippen molar-refractivity contribution in [2.45, 2.75) is 58.2 Å². The molecule has 1 aliphatic heterocycles. The molecule has 0 aliphatic carbocycles. The Balaban J connectivity index is 1.91. The maximum absolute atomic E-state index is 2.64. The fourth-order valence-corrected chi connectivity index (χ4v) is 3.51. The van der Waals surface area contributed by atoms with Gasteiger partial charge >= 0.3 is 0 Å². The molecule has 0 N–H and O–H groups in total. The Labute approximate surface area is 124 Å². The summed E-state index contributed by atoms with van der Waals surface area (Å²) in [6.45, 7) is 8.21. The molecular weight excluding hydrogens is 244 g/mol. The maximum atomic E-state index is 2.64. The molecule has 0 aromatic heterocycles. The summed E-state index contributed by atoms with van der Waals surface area (Å²) in [6, 6.07) is 12.4. The summed E-state index contributed by atoms with van der Waals surface area (Å²) in [6.07, 6.45) is 5.23. The van der Waals surface area contributed by atoms with E-state index in [4.69, 9.17) is 0 Å². The second-order valence-electron chi connectivity index (χ2n) is 6.15. The van der Waals surface area contributed by atoms with Crippen molar-refractivity contribution in [3.8, 4) is 0 Å². The molecule has 2 rings (SSSR count). The first-order chi connectivity index (χ1) is 9.74. The molecule has 2 nitrogen and oxygen atoms in total. The topological polar surface area (TPSA) is 6.48 Å². The van der Waals surface area contributed by atoms with Gasteiger partial charge in [-0.05, 0) is 44.8 Å². The van der Waals surface area contributed by atoms with Crippen LogP contribution >= 0.6 is 0 Å². The highest BCUT2D eigenvalue weighted by molar-refractivity contribution is 5.14. The molecule has 0 unspecified atom stereocenters. The van der Waals surface area contributed by atoms with Gasteiger partial charge in [0.15, 0.2) is 0 Å². The van der Waals surface area contributed by atoms with E-state index in [2.05, 4.69) is 61.0 Å². The lowest BCUT2D eigenvalue weighted by Gasteiger charge is -2.41. The molecule has 1 fully saturated rings. The van der Waals surface area contributed by atoms with E-state index in [1.165, 1.54) is 44.3 Å². The Morgan fingerprint density at radius 1 is 1.20 bits per heavy atom. The van der Waals surface area contributed by atoms with Crippen LogP contribution < -0.4 is 0 Å². The summed E-state index contributed by atoms with van der Waals surface area (Å²) in [5, 5.41) is 0. The first-order valence-corrected chi connectivity index (χ1v) is 8.22. The van der Waals surface area contributed by atoms with Crippen LogP contribution in [0.2, 0.25) is 0 Å². The minimum Gasteiger partial charge on any atom is -0.299 e. The molecule has 1 aromatic rings. The van der Waals surface area contributed by atoms with E-state index >= 15 is 0 Å². The van der Waals surface area contributed by atoms with Crippen LogP contribution in [0.3, 0.4) is 0 Å². The highest BCUT2D eigenvalue weighted by Crippen LogP contribution is 2.20. The first kappa shape index (κ1) is 15.5. The van der Waals surface area contributed by atoms with Gasteiger partial charge in [0.05, 0.1) is 0 Å². The zero-order valence-electron chi connectivity index (χ0n) is 13.4. The van der Waals surface area contributed by atoms with Gasteiger partial charge < -0.3 is 0 Å². The summed E-state index contributed by atoms with van der Waals surface area (Å²) >= 11 is 0. The van der Waals surface area contributed by atoms with Crippen molar-refractivity contribution in [2.24, 2.45) is 0 Å². The van der Waals surface area contributed by atoms with Gasteiger partial charge in [-0.15, -0.1) is 0 Å². The smallest absolute Gasteiger partial charge is 0.0234 e. The zero-order valence-corrected chi connectivity index (χ0v) is 13.4. The van der Waals surface area contributed by atoms with E-state index < -0.39 is 0 Å². The molecule has 0 spiro atoms. The van der Waals surface area contributed by atoms with Crippen molar-refractivity contribution in [1.82, 2.24) is 9.80 Å². The average molecular weight is 274 g/mol. The van der Waals surface area contributed by atoms with E-state index in [1.54, 1.807) is 0 Å². The van der Waals surface area contributed by atoms with E-state index in [1.807, 2.05) is 0 Å². The molecule has 1 aromatic carbocycles. The van der Waals surface area contributed by atoms with E-state index in [9.17, 15) is 0 Å². The Kier molecular flexibility index (Phi) is 6.06. The predicted molar refractivity (Wildman–Crippen MR) is 86.9 cm³/mol. The number of rotatable bonds is 6. The van der Waals surface area contributed by atoms with Crippen LogP contribution in [0.5, 0.6) is 0 Å². The van der Waals surface area contributed by atoms with Gasteiger partial charge in [0.2, 0.25) is 0 Å². The van der Waals surface area contributed by atoms with Crippen molar-refractivity contribution in [1.29, 1.82) is 0 Å². The lowest BCUT2D eigenvalue weighted by molar-refractivity contribution is 0.0789. The van der Waals surface area contributed by atoms with Crippen molar-refractivity contribution in [3.05, 3.63) is 35.9 Å². The van der Waals surface area contributed by atoms with E-state index in [-0.39, 0.29) is 0 Å². The van der Waals surface area contributed by atoms with Gasteiger partial charge in [0.1, 0.15) is 0 Å². The highest BCUT2D eigenvalue weighted by Gasteiger charge is 2.26. The van der Waals surface area contributed by atoms with Crippen LogP contribution in [0, 0.1) is 0 Å². The van der Waals surface area contributed by atoms with Crippen molar-refractivity contribution in [3.63, 3.8) is 0 Å². The van der Waals surface area contributed by atoms with Gasteiger partial charge in [-0.3, -0.25) is 9.80 Å². The minimum atomic E-state index is 0.734. The third-order valence-corrected chi connectivity index (χ3v) is 4.82. The maximum Gasteiger partial charge on any atom is 0.0234 e. The molecular formula is C18H30N2. The number of hydrogen-bond acceptors (Lipinski definition) is 2. The van der Waals surface area contributed by atoms with Crippen LogP contribution in [0.1, 0.15) is 45.1 Å². The Morgan fingerprint density at radius 3 is 2.55 bits per heavy atom. The fraction of sp³-hybridized carbons (Fsp3) is 0.667. The number of likely N-dealkylation sites (N-methyl/N-ethyl adjacent to an activating group) is 1. The number of benzene rings is 1. The molecule has 1 saturated heterocycles. The second-order valence-corrected chi connectivity index (χ2v) is 6.15. The summed E-state index contributed by atoms with van der Waals surface area (Å²) in [4.78, 5) is 5.26. The molecule has 20 heavy (non-hydrogen) atoms. The van der Waals surface area contributed by atoms with Gasteiger partial charge in [-0.25, -0.2) is 0 Å². The van der Waals surface area contributed by atoms with Gasteiger partial charge in [-0.1, -0.05) is 44.2 Å². The lowest BCUT2D eigenvalue weighted by Crippen LogP contribution is -2.49. The third kappa shape index (κ3) is 4.07. The quantitative estimate of drug-likeness (QED) is 0.779.